The molecule has 0 aromatic rings. The zero-order valence-electron chi connectivity index (χ0n) is 12.1. The highest BCUT2D eigenvalue weighted by Crippen LogP contribution is 2.63. The maximum Gasteiger partial charge on any atom is 0.309 e. The van der Waals surface area contributed by atoms with E-state index >= 15 is 0 Å². The molecule has 0 amide bonds. The van der Waals surface area contributed by atoms with Crippen molar-refractivity contribution in [2.75, 3.05) is 0 Å². The van der Waals surface area contributed by atoms with Crippen molar-refractivity contribution in [3.8, 4) is 0 Å². The lowest BCUT2D eigenvalue weighted by atomic mass is 9.57. The zero-order valence-corrected chi connectivity index (χ0v) is 12.1. The first kappa shape index (κ1) is 12.2. The van der Waals surface area contributed by atoms with Crippen LogP contribution < -0.4 is 0 Å². The summed E-state index contributed by atoms with van der Waals surface area (Å²) in [7, 11) is 0. The fourth-order valence-electron chi connectivity index (χ4n) is 5.61. The molecule has 4 fully saturated rings. The Morgan fingerprint density at radius 3 is 2.74 bits per heavy atom. The summed E-state index contributed by atoms with van der Waals surface area (Å²) in [5.41, 5.74) is -0.210. The first-order valence-corrected chi connectivity index (χ1v) is 7.87. The van der Waals surface area contributed by atoms with Gasteiger partial charge in [0, 0.05) is 12.3 Å². The van der Waals surface area contributed by atoms with E-state index in [0.29, 0.717) is 17.8 Å². The van der Waals surface area contributed by atoms with Crippen molar-refractivity contribution in [3.05, 3.63) is 0 Å². The van der Waals surface area contributed by atoms with Crippen molar-refractivity contribution in [2.45, 2.75) is 70.2 Å². The molecular weight excluding hydrogens is 240 g/mol. The number of ether oxygens (including phenoxy) is 2. The highest BCUT2D eigenvalue weighted by Gasteiger charge is 2.70. The summed E-state index contributed by atoms with van der Waals surface area (Å²) in [4.78, 5) is 12.1. The Morgan fingerprint density at radius 1 is 1.16 bits per heavy atom. The Morgan fingerprint density at radius 2 is 1.95 bits per heavy atom. The summed E-state index contributed by atoms with van der Waals surface area (Å²) in [6, 6.07) is 0. The van der Waals surface area contributed by atoms with Gasteiger partial charge in [-0.05, 0) is 44.4 Å². The summed E-state index contributed by atoms with van der Waals surface area (Å²) in [6.07, 6.45) is 5.66. The molecule has 3 saturated heterocycles. The molecule has 1 aliphatic carbocycles. The number of carbonyl (C=O) groups excluding carboxylic acids is 1. The van der Waals surface area contributed by atoms with Crippen LogP contribution in [0.4, 0.5) is 0 Å². The maximum absolute atomic E-state index is 12.1. The van der Waals surface area contributed by atoms with Crippen LogP contribution >= 0.6 is 0 Å². The van der Waals surface area contributed by atoms with Gasteiger partial charge in [0.15, 0.2) is 0 Å². The second-order valence-electron chi connectivity index (χ2n) is 7.63. The van der Waals surface area contributed by atoms with Gasteiger partial charge in [-0.25, -0.2) is 0 Å². The van der Waals surface area contributed by atoms with Gasteiger partial charge in [-0.1, -0.05) is 13.8 Å². The average Bonchev–Trinajstić information content (AvgIpc) is 2.56. The third-order valence-electron chi connectivity index (χ3n) is 6.54. The van der Waals surface area contributed by atoms with E-state index in [9.17, 15) is 4.79 Å². The molecule has 0 unspecified atom stereocenters. The van der Waals surface area contributed by atoms with Crippen LogP contribution in [-0.2, 0) is 14.3 Å². The second kappa shape index (κ2) is 3.55. The molecule has 3 nitrogen and oxygen atoms in total. The van der Waals surface area contributed by atoms with E-state index in [1.165, 1.54) is 12.8 Å². The second-order valence-corrected chi connectivity index (χ2v) is 7.63. The normalized spacial score (nSPS) is 59.5. The fraction of sp³-hybridized carbons (Fsp3) is 0.938. The lowest BCUT2D eigenvalue weighted by Gasteiger charge is -2.58. The Bertz CT molecular complexity index is 434. The van der Waals surface area contributed by atoms with Gasteiger partial charge in [-0.3, -0.25) is 4.79 Å². The molecular formula is C16H24O3. The van der Waals surface area contributed by atoms with Crippen LogP contribution in [0, 0.1) is 23.7 Å². The summed E-state index contributed by atoms with van der Waals surface area (Å²) < 4.78 is 12.5. The minimum atomic E-state index is -0.155. The standard InChI is InChI=1S/C16H24O3/c1-9-4-5-12-10(2)14(17)18-13-8-15(3)7-6-11(9)16(12,13)19-15/h9-13H,4-8H2,1-3H3/t9-,10-,11+,12+,13-,15-,16-/m1/s1. The number of fused-ring (bicyclic) bond motifs is 1. The van der Waals surface area contributed by atoms with E-state index in [2.05, 4.69) is 13.8 Å². The van der Waals surface area contributed by atoms with Crippen LogP contribution in [0.25, 0.3) is 0 Å². The van der Waals surface area contributed by atoms with Gasteiger partial charge in [0.2, 0.25) is 0 Å². The van der Waals surface area contributed by atoms with E-state index < -0.39 is 0 Å². The predicted octanol–water partition coefficient (Wildman–Crippen LogP) is 2.92. The molecule has 4 rings (SSSR count). The lowest BCUT2D eigenvalue weighted by molar-refractivity contribution is -0.263. The van der Waals surface area contributed by atoms with E-state index in [4.69, 9.17) is 9.47 Å². The number of esters is 1. The van der Waals surface area contributed by atoms with Gasteiger partial charge in [0.25, 0.3) is 0 Å². The van der Waals surface area contributed by atoms with Gasteiger partial charge in [-0.2, -0.15) is 0 Å². The highest BCUT2D eigenvalue weighted by atomic mass is 16.6. The Kier molecular flexibility index (Phi) is 2.27. The van der Waals surface area contributed by atoms with Crippen molar-refractivity contribution in [3.63, 3.8) is 0 Å². The number of hydrogen-bond donors (Lipinski definition) is 0. The minimum absolute atomic E-state index is 0.00620. The van der Waals surface area contributed by atoms with Crippen LogP contribution in [-0.4, -0.2) is 23.3 Å². The topological polar surface area (TPSA) is 35.5 Å². The molecule has 1 spiro atoms. The maximum atomic E-state index is 12.1. The predicted molar refractivity (Wildman–Crippen MR) is 70.5 cm³/mol. The van der Waals surface area contributed by atoms with Crippen molar-refractivity contribution in [1.82, 2.24) is 0 Å². The molecule has 0 aromatic heterocycles. The third-order valence-corrected chi connectivity index (χ3v) is 6.54. The fourth-order valence-corrected chi connectivity index (χ4v) is 5.61. The van der Waals surface area contributed by atoms with E-state index in [1.807, 2.05) is 6.92 Å². The van der Waals surface area contributed by atoms with Crippen LogP contribution in [0.5, 0.6) is 0 Å². The Hall–Kier alpha value is -0.570. The number of rotatable bonds is 0. The van der Waals surface area contributed by atoms with E-state index in [0.717, 1.165) is 19.3 Å². The Labute approximate surface area is 115 Å². The molecule has 3 aliphatic heterocycles. The van der Waals surface area contributed by atoms with E-state index in [1.54, 1.807) is 0 Å². The molecule has 0 N–H and O–H groups in total. The summed E-state index contributed by atoms with van der Waals surface area (Å²) >= 11 is 0. The van der Waals surface area contributed by atoms with Gasteiger partial charge in [0.05, 0.1) is 11.5 Å². The van der Waals surface area contributed by atoms with Gasteiger partial charge in [-0.15, -0.1) is 0 Å². The molecule has 106 valence electrons. The molecule has 19 heavy (non-hydrogen) atoms. The highest BCUT2D eigenvalue weighted by molar-refractivity contribution is 5.74. The lowest BCUT2D eigenvalue weighted by Crippen LogP contribution is -2.65. The van der Waals surface area contributed by atoms with Crippen LogP contribution in [0.3, 0.4) is 0 Å². The summed E-state index contributed by atoms with van der Waals surface area (Å²) in [6.45, 7) is 6.61. The number of carbonyl (C=O) groups is 1. The van der Waals surface area contributed by atoms with Crippen molar-refractivity contribution in [1.29, 1.82) is 0 Å². The molecule has 2 bridgehead atoms. The number of hydrogen-bond acceptors (Lipinski definition) is 3. The third kappa shape index (κ3) is 1.35. The van der Waals surface area contributed by atoms with Crippen molar-refractivity contribution in [2.24, 2.45) is 23.7 Å². The summed E-state index contributed by atoms with van der Waals surface area (Å²) in [5, 5.41) is 0. The van der Waals surface area contributed by atoms with Crippen molar-refractivity contribution >= 4 is 5.97 Å². The molecule has 3 heterocycles. The monoisotopic (exact) mass is 264 g/mol. The average molecular weight is 264 g/mol. The minimum Gasteiger partial charge on any atom is -0.459 e. The van der Waals surface area contributed by atoms with E-state index in [-0.39, 0.29) is 29.2 Å². The summed E-state index contributed by atoms with van der Waals surface area (Å²) in [5.74, 6) is 1.68. The molecule has 0 radical (unpaired) electrons. The largest absolute Gasteiger partial charge is 0.459 e. The Balaban J connectivity index is 1.84. The SMILES string of the molecule is C[C@@H]1CC[C@H]2[C@@H](C)C(=O)O[C@@H]3C[C@@]4(C)CC[C@@H]1[C@]32O4. The zero-order chi connectivity index (χ0) is 13.4. The molecule has 1 saturated carbocycles. The van der Waals surface area contributed by atoms with Gasteiger partial charge >= 0.3 is 5.97 Å². The van der Waals surface area contributed by atoms with Gasteiger partial charge < -0.3 is 9.47 Å². The van der Waals surface area contributed by atoms with Crippen LogP contribution in [0.15, 0.2) is 0 Å². The molecule has 3 heteroatoms. The smallest absolute Gasteiger partial charge is 0.309 e. The first-order chi connectivity index (χ1) is 8.96. The molecule has 4 aliphatic rings. The van der Waals surface area contributed by atoms with Gasteiger partial charge in [0.1, 0.15) is 11.7 Å². The quantitative estimate of drug-likeness (QED) is 0.631. The van der Waals surface area contributed by atoms with Crippen molar-refractivity contribution < 1.29 is 14.3 Å². The molecule has 0 aromatic carbocycles. The molecule has 7 atom stereocenters. The van der Waals surface area contributed by atoms with Crippen LogP contribution in [0.1, 0.15) is 52.9 Å². The first-order valence-electron chi connectivity index (χ1n) is 7.87. The van der Waals surface area contributed by atoms with Crippen LogP contribution in [0.2, 0.25) is 0 Å².